The third kappa shape index (κ3) is 2.05. The summed E-state index contributed by atoms with van der Waals surface area (Å²) in [6.45, 7) is 2.11. The van der Waals surface area contributed by atoms with Crippen LogP contribution in [0.3, 0.4) is 0 Å². The van der Waals surface area contributed by atoms with Crippen LogP contribution in [0.5, 0.6) is 0 Å². The van der Waals surface area contributed by atoms with E-state index in [-0.39, 0.29) is 35.5 Å². The van der Waals surface area contributed by atoms with Crippen LogP contribution in [-0.4, -0.2) is 23.7 Å². The molecular weight excluding hydrogens is 328 g/mol. The highest BCUT2D eigenvalue weighted by atomic mass is 79.9. The van der Waals surface area contributed by atoms with Gasteiger partial charge in [-0.25, -0.2) is 0 Å². The number of alkyl halides is 1. The summed E-state index contributed by atoms with van der Waals surface area (Å²) < 4.78 is 13.2. The van der Waals surface area contributed by atoms with Crippen LogP contribution in [0.4, 0.5) is 0 Å². The smallest absolute Gasteiger partial charge is 0.128 e. The zero-order valence-electron chi connectivity index (χ0n) is 10.7. The molecule has 4 heteroatoms. The molecular formula is C15H16BrClO2. The molecule has 6 atom stereocenters. The van der Waals surface area contributed by atoms with Gasteiger partial charge in [-0.2, -0.15) is 0 Å². The molecule has 3 fully saturated rings. The Hall–Kier alpha value is -0.430. The van der Waals surface area contributed by atoms with Crippen molar-refractivity contribution in [3.63, 3.8) is 0 Å². The van der Waals surface area contributed by atoms with Gasteiger partial charge in [0.1, 0.15) is 18.0 Å². The van der Waals surface area contributed by atoms with Crippen molar-refractivity contribution in [3.05, 3.63) is 22.4 Å². The van der Waals surface area contributed by atoms with Gasteiger partial charge in [0.15, 0.2) is 0 Å². The molecule has 0 saturated carbocycles. The van der Waals surface area contributed by atoms with Gasteiger partial charge in [-0.1, -0.05) is 34.9 Å². The molecule has 0 radical (unpaired) electrons. The predicted octanol–water partition coefficient (Wildman–Crippen LogP) is 3.60. The van der Waals surface area contributed by atoms with E-state index in [0.29, 0.717) is 0 Å². The molecule has 3 heterocycles. The van der Waals surface area contributed by atoms with Crippen molar-refractivity contribution in [2.45, 2.75) is 43.5 Å². The number of fused-ring (bicyclic) bond motifs is 1. The summed E-state index contributed by atoms with van der Waals surface area (Å²) in [5, 5.41) is -0.106. The molecule has 2 bridgehead atoms. The molecule has 102 valence electrons. The Bertz CT molecular complexity index is 477. The monoisotopic (exact) mass is 342 g/mol. The first kappa shape index (κ1) is 13.5. The normalized spacial score (nSPS) is 43.4. The molecule has 0 aromatic rings. The average Bonchev–Trinajstić information content (AvgIpc) is 3.02. The topological polar surface area (TPSA) is 18.5 Å². The molecule has 0 spiro atoms. The van der Waals surface area contributed by atoms with E-state index < -0.39 is 0 Å². The van der Waals surface area contributed by atoms with Crippen LogP contribution < -0.4 is 0 Å². The second-order valence-corrected chi connectivity index (χ2v) is 6.69. The zero-order chi connectivity index (χ0) is 13.6. The lowest BCUT2D eigenvalue weighted by Crippen LogP contribution is -2.34. The first-order chi connectivity index (χ1) is 9.17. The van der Waals surface area contributed by atoms with E-state index in [0.717, 1.165) is 23.1 Å². The van der Waals surface area contributed by atoms with Crippen molar-refractivity contribution in [2.75, 3.05) is 0 Å². The van der Waals surface area contributed by atoms with Crippen molar-refractivity contribution in [3.8, 4) is 12.3 Å². The molecule has 0 unspecified atom stereocenters. The fourth-order valence-corrected chi connectivity index (χ4v) is 4.25. The first-order valence-electron chi connectivity index (χ1n) is 6.64. The number of hydrogen-bond acceptors (Lipinski definition) is 2. The lowest BCUT2D eigenvalue weighted by molar-refractivity contribution is 0.0690. The van der Waals surface area contributed by atoms with Gasteiger partial charge >= 0.3 is 0 Å². The Morgan fingerprint density at radius 2 is 2.42 bits per heavy atom. The second-order valence-electron chi connectivity index (χ2n) is 5.23. The maximum atomic E-state index is 6.51. The third-order valence-corrected chi connectivity index (χ3v) is 5.65. The second kappa shape index (κ2) is 5.16. The maximum absolute atomic E-state index is 6.51. The van der Waals surface area contributed by atoms with E-state index in [1.165, 1.54) is 0 Å². The number of allylic oxidation sites excluding steroid dienone is 3. The van der Waals surface area contributed by atoms with Crippen LogP contribution in [0, 0.1) is 24.2 Å². The highest BCUT2D eigenvalue weighted by molar-refractivity contribution is 9.11. The molecule has 0 aromatic carbocycles. The summed E-state index contributed by atoms with van der Waals surface area (Å²) in [5.41, 5.74) is 0. The van der Waals surface area contributed by atoms with Gasteiger partial charge in [0.25, 0.3) is 0 Å². The average molecular weight is 344 g/mol. The van der Waals surface area contributed by atoms with Crippen molar-refractivity contribution >= 4 is 27.5 Å². The van der Waals surface area contributed by atoms with E-state index >= 15 is 0 Å². The number of hydrogen-bond donors (Lipinski definition) is 0. The Kier molecular flexibility index (Phi) is 3.68. The first-order valence-corrected chi connectivity index (χ1v) is 7.87. The minimum Gasteiger partial charge on any atom is -0.491 e. The lowest BCUT2D eigenvalue weighted by Gasteiger charge is -2.25. The van der Waals surface area contributed by atoms with Gasteiger partial charge in [-0.05, 0) is 12.5 Å². The van der Waals surface area contributed by atoms with Crippen LogP contribution in [-0.2, 0) is 9.47 Å². The van der Waals surface area contributed by atoms with E-state index in [9.17, 15) is 0 Å². The predicted molar refractivity (Wildman–Crippen MR) is 79.0 cm³/mol. The molecule has 0 aliphatic carbocycles. The van der Waals surface area contributed by atoms with E-state index in [4.69, 9.17) is 27.5 Å². The third-order valence-electron chi connectivity index (χ3n) is 4.26. The molecule has 0 N–H and O–H groups in total. The van der Waals surface area contributed by atoms with E-state index in [1.807, 2.05) is 6.08 Å². The van der Waals surface area contributed by atoms with Gasteiger partial charge in [0, 0.05) is 16.8 Å². The van der Waals surface area contributed by atoms with E-state index in [1.54, 1.807) is 6.08 Å². The molecule has 3 aliphatic rings. The van der Waals surface area contributed by atoms with Crippen LogP contribution in [0.1, 0.15) is 19.8 Å². The van der Waals surface area contributed by atoms with Crippen molar-refractivity contribution in [2.24, 2.45) is 11.8 Å². The van der Waals surface area contributed by atoms with Gasteiger partial charge in [-0.3, -0.25) is 0 Å². The van der Waals surface area contributed by atoms with Crippen molar-refractivity contribution in [1.82, 2.24) is 0 Å². The van der Waals surface area contributed by atoms with Crippen LogP contribution in [0.25, 0.3) is 0 Å². The zero-order valence-corrected chi connectivity index (χ0v) is 13.0. The van der Waals surface area contributed by atoms with Crippen molar-refractivity contribution in [1.29, 1.82) is 0 Å². The van der Waals surface area contributed by atoms with Crippen LogP contribution in [0.15, 0.2) is 22.4 Å². The fourth-order valence-electron chi connectivity index (χ4n) is 3.50. The maximum Gasteiger partial charge on any atom is 0.128 e. The number of rotatable bonds is 3. The highest BCUT2D eigenvalue weighted by Crippen LogP contribution is 2.56. The highest BCUT2D eigenvalue weighted by Gasteiger charge is 2.63. The quantitative estimate of drug-likeness (QED) is 0.576. The van der Waals surface area contributed by atoms with Gasteiger partial charge in [-0.15, -0.1) is 18.0 Å². The van der Waals surface area contributed by atoms with Gasteiger partial charge < -0.3 is 9.47 Å². The molecule has 3 rings (SSSR count). The molecule has 0 aromatic heterocycles. The molecule has 0 amide bonds. The summed E-state index contributed by atoms with van der Waals surface area (Å²) in [6, 6.07) is 0. The van der Waals surface area contributed by atoms with Gasteiger partial charge in [0.2, 0.25) is 0 Å². The molecule has 2 nitrogen and oxygen atoms in total. The Balaban J connectivity index is 1.91. The summed E-state index contributed by atoms with van der Waals surface area (Å²) >= 11 is 10.1. The molecule has 19 heavy (non-hydrogen) atoms. The van der Waals surface area contributed by atoms with E-state index in [2.05, 4.69) is 28.8 Å². The Morgan fingerprint density at radius 1 is 1.63 bits per heavy atom. The number of halogens is 2. The SMILES string of the molecule is C#C/C=C\[C@H](Cl)[C@@H]1[C@H]2/C(=C(/Br)CC)O[C@H]3C[C@@H]1O[C@@H]23. The minimum absolute atomic E-state index is 0.106. The largest absolute Gasteiger partial charge is 0.491 e. The summed E-state index contributed by atoms with van der Waals surface area (Å²) in [7, 11) is 0. The minimum atomic E-state index is -0.106. The molecule has 3 aliphatic heterocycles. The summed E-state index contributed by atoms with van der Waals surface area (Å²) in [6.07, 6.45) is 11.3. The standard InChI is InChI=1S/C15H16BrClO2/c1-3-5-6-9(17)12-10-7-11-15(18-10)13(12)14(19-11)8(16)4-2/h1,5-6,9-13,15H,4,7H2,2H3/b6-5-,14-8-/t9-,10-,11-,12-,13-,15+/m0/s1. The van der Waals surface area contributed by atoms with Gasteiger partial charge in [0.05, 0.1) is 17.4 Å². The number of terminal acetylenes is 1. The summed E-state index contributed by atoms with van der Waals surface area (Å²) in [4.78, 5) is 0. The van der Waals surface area contributed by atoms with Crippen LogP contribution in [0.2, 0.25) is 0 Å². The summed E-state index contributed by atoms with van der Waals surface area (Å²) in [5.74, 6) is 4.06. The Labute approximate surface area is 127 Å². The number of ether oxygens (including phenoxy) is 2. The van der Waals surface area contributed by atoms with Crippen LogP contribution >= 0.6 is 27.5 Å². The lowest BCUT2D eigenvalue weighted by atomic mass is 9.77. The molecule has 3 saturated heterocycles. The van der Waals surface area contributed by atoms with Crippen molar-refractivity contribution < 1.29 is 9.47 Å². The Morgan fingerprint density at radius 3 is 3.11 bits per heavy atom. The fraction of sp³-hybridized carbons (Fsp3) is 0.600.